The van der Waals surface area contributed by atoms with Gasteiger partial charge >= 0.3 is 0 Å². The first kappa shape index (κ1) is 20.3. The van der Waals surface area contributed by atoms with Crippen molar-refractivity contribution >= 4 is 21.6 Å². The van der Waals surface area contributed by atoms with Gasteiger partial charge in [-0.1, -0.05) is 18.2 Å². The minimum absolute atomic E-state index is 0.124. The first-order valence-corrected chi connectivity index (χ1v) is 9.29. The van der Waals surface area contributed by atoms with E-state index >= 15 is 0 Å². The highest BCUT2D eigenvalue weighted by Crippen LogP contribution is 2.19. The molecule has 2 rings (SSSR count). The van der Waals surface area contributed by atoms with Crippen molar-refractivity contribution in [3.63, 3.8) is 0 Å². The molecule has 0 spiro atoms. The van der Waals surface area contributed by atoms with Crippen LogP contribution in [-0.2, 0) is 21.4 Å². The number of ether oxygens (including phenoxy) is 1. The van der Waals surface area contributed by atoms with Gasteiger partial charge in [-0.05, 0) is 23.8 Å². The summed E-state index contributed by atoms with van der Waals surface area (Å²) in [5.41, 5.74) is 0.595. The fraction of sp³-hybridized carbons (Fsp3) is 0.235. The molecule has 0 aliphatic heterocycles. The Hall–Kier alpha value is -2.98. The van der Waals surface area contributed by atoms with Gasteiger partial charge < -0.3 is 10.1 Å². The summed E-state index contributed by atoms with van der Waals surface area (Å²) in [7, 11) is -0.597. The number of sulfonamides is 1. The summed E-state index contributed by atoms with van der Waals surface area (Å²) in [6.07, 6.45) is 0. The highest BCUT2D eigenvalue weighted by atomic mass is 32.2. The molecule has 0 atom stereocenters. The smallest absolute Gasteiger partial charge is 0.273 e. The van der Waals surface area contributed by atoms with E-state index in [9.17, 15) is 23.3 Å². The van der Waals surface area contributed by atoms with Gasteiger partial charge in [0.15, 0.2) is 6.61 Å². The Bertz CT molecular complexity index is 926. The maximum Gasteiger partial charge on any atom is 0.273 e. The van der Waals surface area contributed by atoms with Gasteiger partial charge in [-0.2, -0.15) is 0 Å². The molecule has 0 bridgehead atoms. The van der Waals surface area contributed by atoms with E-state index in [1.807, 2.05) is 0 Å². The van der Waals surface area contributed by atoms with E-state index in [4.69, 9.17) is 4.74 Å². The number of amides is 1. The molecule has 1 amide bonds. The molecule has 0 aromatic heterocycles. The standard InChI is InChI=1S/C17H19N3O6S/c1-19(2)27(24,25)16-8-6-13(7-9-16)11-18-17(21)12-26-15-5-3-4-14(10-15)20(22)23/h3-10H,11-12H2,1-2H3,(H,18,21). The van der Waals surface area contributed by atoms with Crippen LogP contribution in [0, 0.1) is 10.1 Å². The van der Waals surface area contributed by atoms with Crippen molar-refractivity contribution in [1.82, 2.24) is 9.62 Å². The van der Waals surface area contributed by atoms with Crippen LogP contribution < -0.4 is 10.1 Å². The zero-order valence-electron chi connectivity index (χ0n) is 14.8. The van der Waals surface area contributed by atoms with E-state index in [-0.39, 0.29) is 29.5 Å². The molecule has 27 heavy (non-hydrogen) atoms. The van der Waals surface area contributed by atoms with Crippen LogP contribution in [0.4, 0.5) is 5.69 Å². The number of nitro groups is 1. The third-order valence-electron chi connectivity index (χ3n) is 3.59. The van der Waals surface area contributed by atoms with Crippen molar-refractivity contribution in [1.29, 1.82) is 0 Å². The molecule has 0 radical (unpaired) electrons. The zero-order valence-corrected chi connectivity index (χ0v) is 15.6. The molecule has 0 heterocycles. The van der Waals surface area contributed by atoms with Crippen molar-refractivity contribution < 1.29 is 22.9 Å². The van der Waals surface area contributed by atoms with Gasteiger partial charge in [-0.25, -0.2) is 12.7 Å². The molecular formula is C17H19N3O6S. The number of hydrogen-bond donors (Lipinski definition) is 1. The molecule has 0 aliphatic rings. The van der Waals surface area contributed by atoms with E-state index < -0.39 is 20.9 Å². The van der Waals surface area contributed by atoms with Gasteiger partial charge in [0.1, 0.15) is 5.75 Å². The van der Waals surface area contributed by atoms with Crippen molar-refractivity contribution in [3.05, 3.63) is 64.2 Å². The average molecular weight is 393 g/mol. The van der Waals surface area contributed by atoms with Gasteiger partial charge in [0.25, 0.3) is 11.6 Å². The number of nitrogens with zero attached hydrogens (tertiary/aromatic N) is 2. The number of nitro benzene ring substituents is 1. The Balaban J connectivity index is 1.87. The molecular weight excluding hydrogens is 374 g/mol. The summed E-state index contributed by atoms with van der Waals surface area (Å²) >= 11 is 0. The van der Waals surface area contributed by atoms with Crippen molar-refractivity contribution in [3.8, 4) is 5.75 Å². The molecule has 0 aliphatic carbocycles. The molecule has 0 unspecified atom stereocenters. The second kappa shape index (κ2) is 8.60. The molecule has 0 fully saturated rings. The van der Waals surface area contributed by atoms with E-state index in [1.165, 1.54) is 50.5 Å². The monoisotopic (exact) mass is 393 g/mol. The van der Waals surface area contributed by atoms with E-state index in [1.54, 1.807) is 12.1 Å². The lowest BCUT2D eigenvalue weighted by Gasteiger charge is -2.12. The van der Waals surface area contributed by atoms with Crippen molar-refractivity contribution in [2.45, 2.75) is 11.4 Å². The lowest BCUT2D eigenvalue weighted by Crippen LogP contribution is -2.28. The predicted molar refractivity (Wildman–Crippen MR) is 97.8 cm³/mol. The number of rotatable bonds is 8. The Kier molecular flexibility index (Phi) is 6.48. The largest absolute Gasteiger partial charge is 0.484 e. The zero-order chi connectivity index (χ0) is 20.0. The number of carbonyl (C=O) groups is 1. The third kappa shape index (κ3) is 5.50. The van der Waals surface area contributed by atoms with Crippen molar-refractivity contribution in [2.75, 3.05) is 20.7 Å². The molecule has 144 valence electrons. The van der Waals surface area contributed by atoms with E-state index in [0.717, 1.165) is 9.87 Å². The number of nitrogens with one attached hydrogen (secondary N) is 1. The van der Waals surface area contributed by atoms with Crippen LogP contribution in [0.2, 0.25) is 0 Å². The SMILES string of the molecule is CN(C)S(=O)(=O)c1ccc(CNC(=O)COc2cccc([N+](=O)[O-])c2)cc1. The maximum absolute atomic E-state index is 12.0. The van der Waals surface area contributed by atoms with E-state index in [0.29, 0.717) is 0 Å². The van der Waals surface area contributed by atoms with Gasteiger partial charge in [0.05, 0.1) is 15.9 Å². The van der Waals surface area contributed by atoms with Gasteiger partial charge in [-0.15, -0.1) is 0 Å². The highest BCUT2D eigenvalue weighted by molar-refractivity contribution is 7.89. The Morgan fingerprint density at radius 1 is 1.19 bits per heavy atom. The van der Waals surface area contributed by atoms with Crippen LogP contribution in [0.5, 0.6) is 5.75 Å². The van der Waals surface area contributed by atoms with Gasteiger partial charge in [0.2, 0.25) is 10.0 Å². The Morgan fingerprint density at radius 2 is 1.85 bits per heavy atom. The normalized spacial score (nSPS) is 11.2. The Labute approximate surface area is 156 Å². The molecule has 1 N–H and O–H groups in total. The highest BCUT2D eigenvalue weighted by Gasteiger charge is 2.16. The maximum atomic E-state index is 12.0. The fourth-order valence-corrected chi connectivity index (χ4v) is 2.98. The lowest BCUT2D eigenvalue weighted by molar-refractivity contribution is -0.384. The average Bonchev–Trinajstić information content (AvgIpc) is 2.65. The van der Waals surface area contributed by atoms with Gasteiger partial charge in [0, 0.05) is 26.7 Å². The first-order chi connectivity index (χ1) is 12.7. The Morgan fingerprint density at radius 3 is 2.44 bits per heavy atom. The minimum Gasteiger partial charge on any atom is -0.484 e. The number of non-ortho nitro benzene ring substituents is 1. The van der Waals surface area contributed by atoms with Crippen LogP contribution in [0.3, 0.4) is 0 Å². The van der Waals surface area contributed by atoms with Crippen LogP contribution in [0.25, 0.3) is 0 Å². The molecule has 2 aromatic rings. The van der Waals surface area contributed by atoms with Crippen LogP contribution in [0.1, 0.15) is 5.56 Å². The van der Waals surface area contributed by atoms with Crippen LogP contribution in [0.15, 0.2) is 53.4 Å². The van der Waals surface area contributed by atoms with E-state index in [2.05, 4.69) is 5.32 Å². The molecule has 0 saturated heterocycles. The summed E-state index contributed by atoms with van der Waals surface area (Å²) in [5.74, 6) is -0.191. The first-order valence-electron chi connectivity index (χ1n) is 7.85. The van der Waals surface area contributed by atoms with Gasteiger partial charge in [-0.3, -0.25) is 14.9 Å². The quantitative estimate of drug-likeness (QED) is 0.537. The minimum atomic E-state index is -3.50. The van der Waals surface area contributed by atoms with Crippen LogP contribution in [-0.4, -0.2) is 44.3 Å². The summed E-state index contributed by atoms with van der Waals surface area (Å²) in [6, 6.07) is 11.7. The molecule has 2 aromatic carbocycles. The molecule has 0 saturated carbocycles. The van der Waals surface area contributed by atoms with Crippen LogP contribution >= 0.6 is 0 Å². The second-order valence-electron chi connectivity index (χ2n) is 5.75. The summed E-state index contributed by atoms with van der Waals surface area (Å²) in [6.45, 7) is -0.103. The summed E-state index contributed by atoms with van der Waals surface area (Å²) in [4.78, 5) is 22.2. The summed E-state index contributed by atoms with van der Waals surface area (Å²) in [5, 5.41) is 13.3. The molecule has 10 heteroatoms. The molecule has 9 nitrogen and oxygen atoms in total. The topological polar surface area (TPSA) is 119 Å². The van der Waals surface area contributed by atoms with Crippen molar-refractivity contribution in [2.24, 2.45) is 0 Å². The fourth-order valence-electron chi connectivity index (χ4n) is 2.08. The third-order valence-corrected chi connectivity index (χ3v) is 5.42. The number of carbonyl (C=O) groups excluding carboxylic acids is 1. The number of benzene rings is 2. The lowest BCUT2D eigenvalue weighted by atomic mass is 10.2. The summed E-state index contributed by atoms with van der Waals surface area (Å²) < 4.78 is 30.3. The number of hydrogen-bond acceptors (Lipinski definition) is 6. The second-order valence-corrected chi connectivity index (χ2v) is 7.90. The predicted octanol–water partition coefficient (Wildman–Crippen LogP) is 1.54.